The molecule has 0 bridgehead atoms. The SMILES string of the molecule is O=C(CC1(C(=O)O)CCC1)N1CCOC(c2cccc(OC(F)F)c2)C1. The van der Waals surface area contributed by atoms with E-state index in [1.165, 1.54) is 12.1 Å². The second kappa shape index (κ2) is 7.57. The van der Waals surface area contributed by atoms with Gasteiger partial charge in [0.15, 0.2) is 0 Å². The van der Waals surface area contributed by atoms with E-state index in [0.29, 0.717) is 31.6 Å². The minimum Gasteiger partial charge on any atom is -0.481 e. The molecule has 6 nitrogen and oxygen atoms in total. The number of hydrogen-bond acceptors (Lipinski definition) is 4. The van der Waals surface area contributed by atoms with Crippen LogP contribution < -0.4 is 4.74 Å². The van der Waals surface area contributed by atoms with Gasteiger partial charge in [-0.05, 0) is 30.5 Å². The Morgan fingerprint density at radius 2 is 2.15 bits per heavy atom. The lowest BCUT2D eigenvalue weighted by atomic mass is 9.66. The third-order valence-corrected chi connectivity index (χ3v) is 5.13. The van der Waals surface area contributed by atoms with Gasteiger partial charge in [-0.25, -0.2) is 0 Å². The smallest absolute Gasteiger partial charge is 0.387 e. The number of carboxylic acid groups (broad SMARTS) is 1. The van der Waals surface area contributed by atoms with Crippen molar-refractivity contribution in [3.63, 3.8) is 0 Å². The van der Waals surface area contributed by atoms with Crippen LogP contribution in [0.4, 0.5) is 8.78 Å². The maximum Gasteiger partial charge on any atom is 0.387 e. The summed E-state index contributed by atoms with van der Waals surface area (Å²) in [5.74, 6) is -1.09. The second-order valence-electron chi connectivity index (χ2n) is 6.77. The molecule has 1 heterocycles. The van der Waals surface area contributed by atoms with E-state index in [4.69, 9.17) is 4.74 Å². The molecule has 2 fully saturated rings. The van der Waals surface area contributed by atoms with Gasteiger partial charge in [-0.15, -0.1) is 0 Å². The summed E-state index contributed by atoms with van der Waals surface area (Å²) in [6, 6.07) is 6.21. The first-order chi connectivity index (χ1) is 12.4. The molecule has 0 radical (unpaired) electrons. The van der Waals surface area contributed by atoms with Crippen molar-refractivity contribution in [1.82, 2.24) is 4.90 Å². The molecule has 0 aromatic heterocycles. The van der Waals surface area contributed by atoms with Crippen LogP contribution in [0.2, 0.25) is 0 Å². The molecule has 2 aliphatic rings. The number of morpholine rings is 1. The topological polar surface area (TPSA) is 76.1 Å². The number of ether oxygens (including phenoxy) is 2. The Morgan fingerprint density at radius 1 is 1.38 bits per heavy atom. The van der Waals surface area contributed by atoms with Crippen LogP contribution in [0.5, 0.6) is 5.75 Å². The van der Waals surface area contributed by atoms with Gasteiger partial charge in [0.25, 0.3) is 0 Å². The van der Waals surface area contributed by atoms with E-state index in [-0.39, 0.29) is 24.6 Å². The third kappa shape index (κ3) is 3.95. The van der Waals surface area contributed by atoms with Gasteiger partial charge >= 0.3 is 12.6 Å². The van der Waals surface area contributed by atoms with Crippen molar-refractivity contribution in [2.75, 3.05) is 19.7 Å². The van der Waals surface area contributed by atoms with E-state index in [0.717, 1.165) is 6.42 Å². The molecule has 1 aromatic rings. The number of carbonyl (C=O) groups is 2. The number of alkyl halides is 2. The Morgan fingerprint density at radius 3 is 2.77 bits per heavy atom. The highest BCUT2D eigenvalue weighted by molar-refractivity contribution is 5.85. The molecule has 1 aliphatic carbocycles. The standard InChI is InChI=1S/C18H21F2NO5/c19-17(20)26-13-4-1-3-12(9-13)14-11-21(7-8-25-14)15(22)10-18(16(23)24)5-2-6-18/h1,3-4,9,14,17H,2,5-8,10-11H2,(H,23,24). The average molecular weight is 369 g/mol. The highest BCUT2D eigenvalue weighted by atomic mass is 19.3. The van der Waals surface area contributed by atoms with Gasteiger partial charge in [0, 0.05) is 13.0 Å². The molecule has 1 aromatic carbocycles. The number of nitrogens with zero attached hydrogens (tertiary/aromatic N) is 1. The molecule has 1 atom stereocenters. The fourth-order valence-corrected chi connectivity index (χ4v) is 3.44. The van der Waals surface area contributed by atoms with E-state index in [1.54, 1.807) is 17.0 Å². The summed E-state index contributed by atoms with van der Waals surface area (Å²) >= 11 is 0. The van der Waals surface area contributed by atoms with Crippen LogP contribution in [0, 0.1) is 5.41 Å². The minimum absolute atomic E-state index is 0.0103. The van der Waals surface area contributed by atoms with Crippen LogP contribution in [-0.4, -0.2) is 48.2 Å². The van der Waals surface area contributed by atoms with Crippen molar-refractivity contribution in [2.45, 2.75) is 38.4 Å². The van der Waals surface area contributed by atoms with Crippen molar-refractivity contribution >= 4 is 11.9 Å². The quantitative estimate of drug-likeness (QED) is 0.835. The Bertz CT molecular complexity index is 677. The van der Waals surface area contributed by atoms with E-state index in [1.807, 2.05) is 0 Å². The summed E-state index contributed by atoms with van der Waals surface area (Å²) in [6.45, 7) is -1.97. The first kappa shape index (κ1) is 18.6. The molecule has 1 amide bonds. The predicted molar refractivity (Wildman–Crippen MR) is 86.9 cm³/mol. The van der Waals surface area contributed by atoms with Crippen molar-refractivity contribution in [3.05, 3.63) is 29.8 Å². The number of benzene rings is 1. The zero-order valence-electron chi connectivity index (χ0n) is 14.2. The second-order valence-corrected chi connectivity index (χ2v) is 6.77. The molecule has 0 spiro atoms. The number of amides is 1. The molecule has 8 heteroatoms. The number of halogens is 2. The Labute approximate surface area is 149 Å². The summed E-state index contributed by atoms with van der Waals surface area (Å²) in [5.41, 5.74) is -0.298. The van der Waals surface area contributed by atoms with Crippen LogP contribution in [0.15, 0.2) is 24.3 Å². The van der Waals surface area contributed by atoms with Gasteiger partial charge < -0.3 is 19.5 Å². The van der Waals surface area contributed by atoms with Gasteiger partial charge in [0.1, 0.15) is 11.9 Å². The maximum absolute atomic E-state index is 12.6. The van der Waals surface area contributed by atoms with Crippen LogP contribution in [0.25, 0.3) is 0 Å². The fourth-order valence-electron chi connectivity index (χ4n) is 3.44. The molecule has 26 heavy (non-hydrogen) atoms. The molecule has 3 rings (SSSR count). The Balaban J connectivity index is 1.65. The zero-order valence-corrected chi connectivity index (χ0v) is 14.2. The van der Waals surface area contributed by atoms with E-state index >= 15 is 0 Å². The first-order valence-corrected chi connectivity index (χ1v) is 8.57. The number of hydrogen-bond donors (Lipinski definition) is 1. The van der Waals surface area contributed by atoms with Crippen LogP contribution in [-0.2, 0) is 14.3 Å². The maximum atomic E-state index is 12.6. The highest BCUT2D eigenvalue weighted by Gasteiger charge is 2.46. The molecule has 1 saturated carbocycles. The zero-order chi connectivity index (χ0) is 18.7. The lowest BCUT2D eigenvalue weighted by Gasteiger charge is -2.40. The van der Waals surface area contributed by atoms with Gasteiger partial charge in [-0.1, -0.05) is 18.6 Å². The van der Waals surface area contributed by atoms with Crippen LogP contribution in [0.3, 0.4) is 0 Å². The Kier molecular flexibility index (Phi) is 5.41. The molecule has 1 unspecified atom stereocenters. The first-order valence-electron chi connectivity index (χ1n) is 8.57. The van der Waals surface area contributed by atoms with Crippen molar-refractivity contribution < 1.29 is 33.0 Å². The summed E-state index contributed by atoms with van der Waals surface area (Å²) < 4.78 is 34.8. The predicted octanol–water partition coefficient (Wildman–Crippen LogP) is 2.83. The van der Waals surface area contributed by atoms with Crippen molar-refractivity contribution in [3.8, 4) is 5.75 Å². The minimum atomic E-state index is -2.91. The average Bonchev–Trinajstić information content (AvgIpc) is 2.57. The molecular formula is C18H21F2NO5. The molecular weight excluding hydrogens is 348 g/mol. The Hall–Kier alpha value is -2.22. The van der Waals surface area contributed by atoms with Gasteiger partial charge in [0.2, 0.25) is 5.91 Å². The number of aliphatic carboxylic acids is 1. The fraction of sp³-hybridized carbons (Fsp3) is 0.556. The van der Waals surface area contributed by atoms with E-state index < -0.39 is 24.1 Å². The van der Waals surface area contributed by atoms with E-state index in [2.05, 4.69) is 4.74 Å². The normalized spacial score (nSPS) is 22.0. The monoisotopic (exact) mass is 369 g/mol. The van der Waals surface area contributed by atoms with Crippen LogP contribution >= 0.6 is 0 Å². The number of carbonyl (C=O) groups excluding carboxylic acids is 1. The number of carboxylic acids is 1. The van der Waals surface area contributed by atoms with Gasteiger partial charge in [-0.2, -0.15) is 8.78 Å². The summed E-state index contributed by atoms with van der Waals surface area (Å²) in [4.78, 5) is 25.6. The number of rotatable bonds is 6. The summed E-state index contributed by atoms with van der Waals surface area (Å²) in [6.07, 6.45) is 1.39. The molecule has 142 valence electrons. The van der Waals surface area contributed by atoms with Crippen molar-refractivity contribution in [1.29, 1.82) is 0 Å². The van der Waals surface area contributed by atoms with Gasteiger partial charge in [-0.3, -0.25) is 9.59 Å². The highest BCUT2D eigenvalue weighted by Crippen LogP contribution is 2.44. The van der Waals surface area contributed by atoms with Gasteiger partial charge in [0.05, 0.1) is 18.6 Å². The lowest BCUT2D eigenvalue weighted by Crippen LogP contribution is -2.47. The largest absolute Gasteiger partial charge is 0.481 e. The van der Waals surface area contributed by atoms with Crippen LogP contribution in [0.1, 0.15) is 37.4 Å². The summed E-state index contributed by atoms with van der Waals surface area (Å²) in [5, 5.41) is 9.39. The molecule has 1 saturated heterocycles. The summed E-state index contributed by atoms with van der Waals surface area (Å²) in [7, 11) is 0. The third-order valence-electron chi connectivity index (χ3n) is 5.13. The lowest BCUT2D eigenvalue weighted by molar-refractivity contribution is -0.161. The van der Waals surface area contributed by atoms with E-state index in [9.17, 15) is 23.5 Å². The van der Waals surface area contributed by atoms with Crippen molar-refractivity contribution in [2.24, 2.45) is 5.41 Å². The molecule has 1 aliphatic heterocycles. The molecule has 1 N–H and O–H groups in total.